The lowest BCUT2D eigenvalue weighted by atomic mass is 9.97. The molecule has 1 saturated heterocycles. The molecular formula is C13H18ClNO2S2. The molecule has 1 aliphatic heterocycles. The molecule has 0 spiro atoms. The van der Waals surface area contributed by atoms with Crippen LogP contribution in [0.5, 0.6) is 0 Å². The van der Waals surface area contributed by atoms with E-state index in [2.05, 4.69) is 0 Å². The Labute approximate surface area is 126 Å². The van der Waals surface area contributed by atoms with Crippen molar-refractivity contribution in [1.82, 2.24) is 4.90 Å². The molecule has 0 saturated carbocycles. The summed E-state index contributed by atoms with van der Waals surface area (Å²) in [5.41, 5.74) is 0. The summed E-state index contributed by atoms with van der Waals surface area (Å²) in [6.07, 6.45) is 0.433. The lowest BCUT2D eigenvalue weighted by molar-refractivity contribution is -0.131. The average molecular weight is 320 g/mol. The maximum absolute atomic E-state index is 12.0. The van der Waals surface area contributed by atoms with Crippen molar-refractivity contribution in [2.75, 3.05) is 18.8 Å². The predicted octanol–water partition coefficient (Wildman–Crippen LogP) is 2.86. The Morgan fingerprint density at radius 2 is 2.42 bits per heavy atom. The van der Waals surface area contributed by atoms with Crippen molar-refractivity contribution in [3.05, 3.63) is 21.3 Å². The van der Waals surface area contributed by atoms with Gasteiger partial charge in [-0.25, -0.2) is 0 Å². The smallest absolute Gasteiger partial charge is 0.232 e. The summed E-state index contributed by atoms with van der Waals surface area (Å²) in [6.45, 7) is 3.34. The zero-order chi connectivity index (χ0) is 13.8. The second-order valence-corrected chi connectivity index (χ2v) is 7.66. The third-order valence-electron chi connectivity index (χ3n) is 3.31. The minimum Gasteiger partial charge on any atom is -0.393 e. The highest BCUT2D eigenvalue weighted by Gasteiger charge is 2.26. The van der Waals surface area contributed by atoms with Gasteiger partial charge in [-0.15, -0.1) is 23.1 Å². The predicted molar refractivity (Wildman–Crippen MR) is 81.9 cm³/mol. The number of amides is 1. The molecule has 19 heavy (non-hydrogen) atoms. The number of carbonyl (C=O) groups is 1. The number of thiophene rings is 1. The van der Waals surface area contributed by atoms with E-state index in [4.69, 9.17) is 11.6 Å². The Balaban J connectivity index is 1.72. The van der Waals surface area contributed by atoms with Crippen LogP contribution in [0.3, 0.4) is 0 Å². The Bertz CT molecular complexity index is 438. The monoisotopic (exact) mass is 319 g/mol. The quantitative estimate of drug-likeness (QED) is 0.927. The third kappa shape index (κ3) is 4.38. The van der Waals surface area contributed by atoms with Crippen LogP contribution in [-0.2, 0) is 10.5 Å². The maximum Gasteiger partial charge on any atom is 0.232 e. The van der Waals surface area contributed by atoms with Gasteiger partial charge in [-0.1, -0.05) is 18.5 Å². The van der Waals surface area contributed by atoms with Gasteiger partial charge in [0, 0.05) is 23.7 Å². The van der Waals surface area contributed by atoms with Crippen molar-refractivity contribution >= 4 is 40.6 Å². The van der Waals surface area contributed by atoms with Crippen LogP contribution in [0.4, 0.5) is 0 Å². The molecular weight excluding hydrogens is 302 g/mol. The molecule has 1 aromatic rings. The molecule has 0 aliphatic carbocycles. The van der Waals surface area contributed by atoms with E-state index in [1.54, 1.807) is 23.1 Å². The SMILES string of the molecule is CC1CN(C(=O)CSCc2ccc(Cl)s2)CCC1O. The summed E-state index contributed by atoms with van der Waals surface area (Å²) in [6, 6.07) is 3.89. The third-order valence-corrected chi connectivity index (χ3v) is 5.69. The van der Waals surface area contributed by atoms with E-state index in [0.29, 0.717) is 25.3 Å². The van der Waals surface area contributed by atoms with E-state index in [-0.39, 0.29) is 17.9 Å². The second kappa shape index (κ2) is 6.97. The number of rotatable bonds is 4. The van der Waals surface area contributed by atoms with Gasteiger partial charge in [0.2, 0.25) is 5.91 Å². The number of carbonyl (C=O) groups excluding carboxylic acids is 1. The highest BCUT2D eigenvalue weighted by atomic mass is 35.5. The van der Waals surface area contributed by atoms with E-state index in [0.717, 1.165) is 10.1 Å². The molecule has 2 rings (SSSR count). The van der Waals surface area contributed by atoms with Gasteiger partial charge >= 0.3 is 0 Å². The van der Waals surface area contributed by atoms with Crippen molar-refractivity contribution in [2.45, 2.75) is 25.2 Å². The van der Waals surface area contributed by atoms with Gasteiger partial charge in [0.05, 0.1) is 16.2 Å². The number of piperidine rings is 1. The number of halogens is 1. The fourth-order valence-electron chi connectivity index (χ4n) is 2.12. The number of aliphatic hydroxyl groups is 1. The van der Waals surface area contributed by atoms with Gasteiger partial charge in [0.15, 0.2) is 0 Å². The minimum absolute atomic E-state index is 0.173. The molecule has 106 valence electrons. The van der Waals surface area contributed by atoms with Crippen molar-refractivity contribution in [1.29, 1.82) is 0 Å². The lowest BCUT2D eigenvalue weighted by Gasteiger charge is -2.34. The normalized spacial score (nSPS) is 23.6. The highest BCUT2D eigenvalue weighted by molar-refractivity contribution is 7.99. The van der Waals surface area contributed by atoms with Gasteiger partial charge in [0.25, 0.3) is 0 Å². The zero-order valence-corrected chi connectivity index (χ0v) is 13.2. The van der Waals surface area contributed by atoms with E-state index in [9.17, 15) is 9.90 Å². The molecule has 0 bridgehead atoms. The van der Waals surface area contributed by atoms with Crippen molar-refractivity contribution < 1.29 is 9.90 Å². The number of hydrogen-bond acceptors (Lipinski definition) is 4. The number of likely N-dealkylation sites (tertiary alicyclic amines) is 1. The molecule has 2 heterocycles. The molecule has 1 amide bonds. The lowest BCUT2D eigenvalue weighted by Crippen LogP contribution is -2.45. The highest BCUT2D eigenvalue weighted by Crippen LogP contribution is 2.25. The van der Waals surface area contributed by atoms with Gasteiger partial charge in [0.1, 0.15) is 0 Å². The van der Waals surface area contributed by atoms with Crippen LogP contribution in [0, 0.1) is 5.92 Å². The number of hydrogen-bond donors (Lipinski definition) is 1. The Kier molecular flexibility index (Phi) is 5.57. The topological polar surface area (TPSA) is 40.5 Å². The summed E-state index contributed by atoms with van der Waals surface area (Å²) in [5, 5.41) is 9.65. The van der Waals surface area contributed by atoms with Crippen LogP contribution in [0.2, 0.25) is 4.34 Å². The van der Waals surface area contributed by atoms with Crippen LogP contribution < -0.4 is 0 Å². The first-order valence-corrected chi connectivity index (χ1v) is 8.69. The van der Waals surface area contributed by atoms with Crippen molar-refractivity contribution in [3.8, 4) is 0 Å². The summed E-state index contributed by atoms with van der Waals surface area (Å²) in [4.78, 5) is 15.1. The Hall–Kier alpha value is -0.230. The van der Waals surface area contributed by atoms with Crippen LogP contribution >= 0.6 is 34.7 Å². The maximum atomic E-state index is 12.0. The summed E-state index contributed by atoms with van der Waals surface area (Å²) in [7, 11) is 0. The molecule has 0 radical (unpaired) electrons. The zero-order valence-electron chi connectivity index (χ0n) is 10.8. The first-order chi connectivity index (χ1) is 9.06. The molecule has 1 fully saturated rings. The average Bonchev–Trinajstić information content (AvgIpc) is 2.78. The summed E-state index contributed by atoms with van der Waals surface area (Å²) in [5.74, 6) is 1.68. The van der Waals surface area contributed by atoms with Crippen LogP contribution in [0.1, 0.15) is 18.2 Å². The number of nitrogens with zero attached hydrogens (tertiary/aromatic N) is 1. The first kappa shape index (κ1) is 15.2. The minimum atomic E-state index is -0.259. The molecule has 1 aliphatic rings. The van der Waals surface area contributed by atoms with E-state index in [1.165, 1.54) is 4.88 Å². The standard InChI is InChI=1S/C13H18ClNO2S2/c1-9-6-15(5-4-11(9)16)13(17)8-18-7-10-2-3-12(14)19-10/h2-3,9,11,16H,4-8H2,1H3. The fraction of sp³-hybridized carbons (Fsp3) is 0.615. The van der Waals surface area contributed by atoms with Gasteiger partial charge in [-0.05, 0) is 24.5 Å². The van der Waals surface area contributed by atoms with E-state index in [1.807, 2.05) is 24.0 Å². The summed E-state index contributed by atoms with van der Waals surface area (Å²) < 4.78 is 0.792. The largest absolute Gasteiger partial charge is 0.393 e. The van der Waals surface area contributed by atoms with Gasteiger partial charge in [-0.2, -0.15) is 0 Å². The van der Waals surface area contributed by atoms with Gasteiger partial charge in [-0.3, -0.25) is 4.79 Å². The second-order valence-electron chi connectivity index (χ2n) is 4.87. The van der Waals surface area contributed by atoms with Crippen LogP contribution in [-0.4, -0.2) is 40.9 Å². The molecule has 3 nitrogen and oxygen atoms in total. The van der Waals surface area contributed by atoms with E-state index >= 15 is 0 Å². The molecule has 0 aromatic carbocycles. The fourth-order valence-corrected chi connectivity index (χ4v) is 4.24. The first-order valence-electron chi connectivity index (χ1n) is 6.34. The number of thioether (sulfide) groups is 1. The van der Waals surface area contributed by atoms with Crippen LogP contribution in [0.25, 0.3) is 0 Å². The molecule has 2 unspecified atom stereocenters. The molecule has 1 N–H and O–H groups in total. The van der Waals surface area contributed by atoms with Gasteiger partial charge < -0.3 is 10.0 Å². The number of aliphatic hydroxyl groups excluding tert-OH is 1. The molecule has 1 aromatic heterocycles. The Morgan fingerprint density at radius 3 is 3.05 bits per heavy atom. The van der Waals surface area contributed by atoms with E-state index < -0.39 is 0 Å². The summed E-state index contributed by atoms with van der Waals surface area (Å²) >= 11 is 9.05. The molecule has 6 heteroatoms. The van der Waals surface area contributed by atoms with Crippen molar-refractivity contribution in [3.63, 3.8) is 0 Å². The van der Waals surface area contributed by atoms with Crippen molar-refractivity contribution in [2.24, 2.45) is 5.92 Å². The molecule has 2 atom stereocenters. The van der Waals surface area contributed by atoms with Crippen LogP contribution in [0.15, 0.2) is 12.1 Å². The Morgan fingerprint density at radius 1 is 1.63 bits per heavy atom.